The number of carbonyl (C=O) groups excluding carboxylic acids is 4. The van der Waals surface area contributed by atoms with Crippen LogP contribution in [0.4, 0.5) is 5.69 Å². The summed E-state index contributed by atoms with van der Waals surface area (Å²) in [7, 11) is 0. The number of carbonyl (C=O) groups is 4. The van der Waals surface area contributed by atoms with Gasteiger partial charge in [-0.1, -0.05) is 29.3 Å². The largest absolute Gasteiger partial charge is 0.455 e. The van der Waals surface area contributed by atoms with Gasteiger partial charge in [-0.25, -0.2) is 0 Å². The summed E-state index contributed by atoms with van der Waals surface area (Å²) in [6.07, 6.45) is -0.0275. The minimum atomic E-state index is -0.721. The molecule has 1 heterocycles. The van der Waals surface area contributed by atoms with Crippen molar-refractivity contribution in [1.82, 2.24) is 10.9 Å². The molecule has 0 spiro atoms. The van der Waals surface area contributed by atoms with Gasteiger partial charge in [0.2, 0.25) is 5.91 Å². The maximum absolute atomic E-state index is 12.2. The Morgan fingerprint density at radius 2 is 1.77 bits per heavy atom. The van der Waals surface area contributed by atoms with Crippen LogP contribution in [0.15, 0.2) is 48.5 Å². The smallest absolute Gasteiger partial charge is 0.311 e. The van der Waals surface area contributed by atoms with Crippen molar-refractivity contribution < 1.29 is 23.9 Å². The first kappa shape index (κ1) is 21.6. The molecule has 0 radical (unpaired) electrons. The summed E-state index contributed by atoms with van der Waals surface area (Å²) in [5, 5.41) is 0.950. The van der Waals surface area contributed by atoms with Gasteiger partial charge in [-0.15, -0.1) is 0 Å². The molecule has 0 aliphatic carbocycles. The number of ether oxygens (including phenoxy) is 1. The predicted octanol–water partition coefficient (Wildman–Crippen LogP) is 2.35. The van der Waals surface area contributed by atoms with Crippen molar-refractivity contribution in [3.05, 3.63) is 64.1 Å². The van der Waals surface area contributed by atoms with Crippen molar-refractivity contribution in [2.75, 3.05) is 18.1 Å². The van der Waals surface area contributed by atoms with Crippen LogP contribution >= 0.6 is 23.2 Å². The van der Waals surface area contributed by atoms with Gasteiger partial charge in [0.15, 0.2) is 6.61 Å². The fraction of sp³-hybridized carbons (Fsp3) is 0.200. The van der Waals surface area contributed by atoms with E-state index < -0.39 is 30.3 Å². The van der Waals surface area contributed by atoms with Gasteiger partial charge in [0, 0.05) is 34.3 Å². The summed E-state index contributed by atoms with van der Waals surface area (Å²) in [4.78, 5) is 49.6. The van der Waals surface area contributed by atoms with Gasteiger partial charge >= 0.3 is 5.97 Å². The molecule has 156 valence electrons. The van der Waals surface area contributed by atoms with E-state index in [4.69, 9.17) is 27.9 Å². The van der Waals surface area contributed by atoms with E-state index in [1.165, 1.54) is 29.2 Å². The number of esters is 1. The second kappa shape index (κ2) is 9.60. The Labute approximate surface area is 182 Å². The normalized spacial score (nSPS) is 15.6. The summed E-state index contributed by atoms with van der Waals surface area (Å²) >= 11 is 11.7. The zero-order valence-corrected chi connectivity index (χ0v) is 17.1. The summed E-state index contributed by atoms with van der Waals surface area (Å²) in [6.45, 7) is -0.464. The van der Waals surface area contributed by atoms with Gasteiger partial charge in [-0.3, -0.25) is 30.0 Å². The zero-order valence-electron chi connectivity index (χ0n) is 15.6. The molecule has 3 amide bonds. The molecule has 30 heavy (non-hydrogen) atoms. The summed E-state index contributed by atoms with van der Waals surface area (Å²) in [5.41, 5.74) is 5.24. The van der Waals surface area contributed by atoms with E-state index in [1.54, 1.807) is 24.3 Å². The van der Waals surface area contributed by atoms with Crippen molar-refractivity contribution >= 4 is 52.6 Å². The first-order valence-corrected chi connectivity index (χ1v) is 9.66. The summed E-state index contributed by atoms with van der Waals surface area (Å²) in [5.74, 6) is -2.88. The van der Waals surface area contributed by atoms with Crippen LogP contribution in [0.5, 0.6) is 0 Å². The Balaban J connectivity index is 1.45. The Kier molecular flexibility index (Phi) is 6.91. The van der Waals surface area contributed by atoms with E-state index in [0.29, 0.717) is 21.3 Å². The molecule has 2 N–H and O–H groups in total. The average molecular weight is 450 g/mol. The van der Waals surface area contributed by atoms with Crippen molar-refractivity contribution in [1.29, 1.82) is 0 Å². The third kappa shape index (κ3) is 5.49. The fourth-order valence-corrected chi connectivity index (χ4v) is 3.16. The lowest BCUT2D eigenvalue weighted by Gasteiger charge is -2.16. The van der Waals surface area contributed by atoms with Gasteiger partial charge < -0.3 is 9.64 Å². The van der Waals surface area contributed by atoms with Crippen LogP contribution < -0.4 is 15.8 Å². The molecule has 0 aromatic heterocycles. The van der Waals surface area contributed by atoms with Crippen molar-refractivity contribution in [3.8, 4) is 0 Å². The monoisotopic (exact) mass is 449 g/mol. The number of benzene rings is 2. The average Bonchev–Trinajstić information content (AvgIpc) is 3.12. The molecule has 0 saturated carbocycles. The van der Waals surface area contributed by atoms with Crippen molar-refractivity contribution in [2.45, 2.75) is 6.42 Å². The number of hydrogen-bond donors (Lipinski definition) is 2. The van der Waals surface area contributed by atoms with Crippen molar-refractivity contribution in [2.24, 2.45) is 5.92 Å². The highest BCUT2D eigenvalue weighted by Crippen LogP contribution is 2.27. The molecule has 3 rings (SSSR count). The standard InChI is InChI=1S/C20H17Cl2N3O5/c21-14-6-4-12(5-7-14)19(28)24-23-17(26)11-30-20(29)13-8-18(27)25(10-13)16-3-1-2-15(22)9-16/h1-7,9,13H,8,10-11H2,(H,23,26)(H,24,28)/t13-/m0/s1. The van der Waals surface area contributed by atoms with Gasteiger partial charge in [-0.2, -0.15) is 0 Å². The lowest BCUT2D eigenvalue weighted by molar-refractivity contribution is -0.152. The number of amides is 3. The molecule has 2 aromatic carbocycles. The van der Waals surface area contributed by atoms with E-state index in [-0.39, 0.29) is 18.9 Å². The van der Waals surface area contributed by atoms with Crippen LogP contribution in [0.2, 0.25) is 10.0 Å². The highest BCUT2D eigenvalue weighted by molar-refractivity contribution is 6.31. The molecule has 8 nitrogen and oxygen atoms in total. The molecule has 1 aliphatic heterocycles. The highest BCUT2D eigenvalue weighted by Gasteiger charge is 2.36. The second-order valence-electron chi connectivity index (χ2n) is 6.50. The Hall–Kier alpha value is -3.10. The van der Waals surface area contributed by atoms with E-state index in [2.05, 4.69) is 10.9 Å². The minimum absolute atomic E-state index is 0.0275. The number of hydrazine groups is 1. The molecule has 2 aromatic rings. The molecule has 0 unspecified atom stereocenters. The topological polar surface area (TPSA) is 105 Å². The van der Waals surface area contributed by atoms with Gasteiger partial charge in [-0.05, 0) is 42.5 Å². The fourth-order valence-electron chi connectivity index (χ4n) is 2.85. The molecular formula is C20H17Cl2N3O5. The lowest BCUT2D eigenvalue weighted by atomic mass is 10.1. The molecular weight excluding hydrogens is 433 g/mol. The van der Waals surface area contributed by atoms with Crippen LogP contribution in [0.1, 0.15) is 16.8 Å². The predicted molar refractivity (Wildman–Crippen MR) is 110 cm³/mol. The number of rotatable bonds is 5. The zero-order chi connectivity index (χ0) is 21.7. The molecule has 0 bridgehead atoms. The third-order valence-electron chi connectivity index (χ3n) is 4.35. The first-order chi connectivity index (χ1) is 14.3. The van der Waals surface area contributed by atoms with E-state index in [0.717, 1.165) is 0 Å². The number of halogens is 2. The van der Waals surface area contributed by atoms with E-state index in [1.807, 2.05) is 0 Å². The summed E-state index contributed by atoms with van der Waals surface area (Å²) < 4.78 is 4.97. The molecule has 1 saturated heterocycles. The molecule has 1 fully saturated rings. The van der Waals surface area contributed by atoms with Crippen molar-refractivity contribution in [3.63, 3.8) is 0 Å². The van der Waals surface area contributed by atoms with Crippen LogP contribution in [-0.2, 0) is 19.1 Å². The van der Waals surface area contributed by atoms with Crippen LogP contribution in [0.3, 0.4) is 0 Å². The van der Waals surface area contributed by atoms with E-state index in [9.17, 15) is 19.2 Å². The Morgan fingerprint density at radius 3 is 2.47 bits per heavy atom. The van der Waals surface area contributed by atoms with Crippen LogP contribution in [-0.4, -0.2) is 36.8 Å². The van der Waals surface area contributed by atoms with Gasteiger partial charge in [0.1, 0.15) is 0 Å². The van der Waals surface area contributed by atoms with Gasteiger partial charge in [0.25, 0.3) is 11.8 Å². The maximum atomic E-state index is 12.2. The molecule has 10 heteroatoms. The minimum Gasteiger partial charge on any atom is -0.455 e. The quantitative estimate of drug-likeness (QED) is 0.538. The Bertz CT molecular complexity index is 981. The second-order valence-corrected chi connectivity index (χ2v) is 7.38. The first-order valence-electron chi connectivity index (χ1n) is 8.91. The number of nitrogens with zero attached hydrogens (tertiary/aromatic N) is 1. The number of anilines is 1. The third-order valence-corrected chi connectivity index (χ3v) is 4.83. The molecule has 1 aliphatic rings. The Morgan fingerprint density at radius 1 is 1.03 bits per heavy atom. The highest BCUT2D eigenvalue weighted by atomic mass is 35.5. The van der Waals surface area contributed by atoms with Gasteiger partial charge in [0.05, 0.1) is 5.92 Å². The number of nitrogens with one attached hydrogen (secondary N) is 2. The summed E-state index contributed by atoms with van der Waals surface area (Å²) in [6, 6.07) is 12.8. The van der Waals surface area contributed by atoms with Crippen LogP contribution in [0.25, 0.3) is 0 Å². The maximum Gasteiger partial charge on any atom is 0.311 e. The number of hydrogen-bond acceptors (Lipinski definition) is 5. The molecule has 1 atom stereocenters. The van der Waals surface area contributed by atoms with E-state index >= 15 is 0 Å². The SMILES string of the molecule is O=C(COC(=O)[C@H]1CC(=O)N(c2cccc(Cl)c2)C1)NNC(=O)c1ccc(Cl)cc1. The lowest BCUT2D eigenvalue weighted by Crippen LogP contribution is -2.43. The van der Waals surface area contributed by atoms with Crippen LogP contribution in [0, 0.1) is 5.92 Å².